The van der Waals surface area contributed by atoms with Crippen LogP contribution in [0.1, 0.15) is 19.4 Å². The quantitative estimate of drug-likeness (QED) is 0.769. The van der Waals surface area contributed by atoms with Crippen LogP contribution in [-0.4, -0.2) is 22.7 Å². The zero-order valence-corrected chi connectivity index (χ0v) is 13.7. The Labute approximate surface area is 133 Å². The lowest BCUT2D eigenvalue weighted by Crippen LogP contribution is -2.56. The van der Waals surface area contributed by atoms with Gasteiger partial charge in [-0.15, -0.1) is 11.3 Å². The highest BCUT2D eigenvalue weighted by Gasteiger charge is 2.39. The summed E-state index contributed by atoms with van der Waals surface area (Å²) < 4.78 is 0.933. The Morgan fingerprint density at radius 2 is 2.14 bits per heavy atom. The highest BCUT2D eigenvalue weighted by Crippen LogP contribution is 2.31. The van der Waals surface area contributed by atoms with Crippen molar-refractivity contribution >= 4 is 29.0 Å². The van der Waals surface area contributed by atoms with Gasteiger partial charge < -0.3 is 5.73 Å². The first-order valence-corrected chi connectivity index (χ1v) is 8.56. The van der Waals surface area contributed by atoms with Gasteiger partial charge in [0.05, 0.1) is 0 Å². The largest absolute Gasteiger partial charge is 0.368 e. The number of rotatable bonds is 7. The molecule has 1 atom stereocenters. The van der Waals surface area contributed by atoms with Crippen molar-refractivity contribution in [3.8, 4) is 0 Å². The summed E-state index contributed by atoms with van der Waals surface area (Å²) in [6.07, 6.45) is 1.76. The van der Waals surface area contributed by atoms with Crippen molar-refractivity contribution in [2.24, 2.45) is 5.73 Å². The lowest BCUT2D eigenvalue weighted by atomic mass is 9.90. The van der Waals surface area contributed by atoms with Crippen molar-refractivity contribution in [3.63, 3.8) is 0 Å². The van der Waals surface area contributed by atoms with Gasteiger partial charge in [0.2, 0.25) is 5.91 Å². The molecule has 0 saturated heterocycles. The number of hydrogen-bond donors (Lipinski definition) is 2. The van der Waals surface area contributed by atoms with Gasteiger partial charge >= 0.3 is 0 Å². The summed E-state index contributed by atoms with van der Waals surface area (Å²) in [5.41, 5.74) is 5.75. The van der Waals surface area contributed by atoms with Crippen molar-refractivity contribution in [1.29, 1.82) is 0 Å². The number of thioether (sulfide) groups is 1. The molecule has 0 spiro atoms. The zero-order valence-electron chi connectivity index (χ0n) is 12.1. The summed E-state index contributed by atoms with van der Waals surface area (Å²) in [4.78, 5) is 16.5. The first-order chi connectivity index (χ1) is 10.0. The maximum atomic E-state index is 12.2. The molecule has 2 rings (SSSR count). The number of aromatic nitrogens is 1. The van der Waals surface area contributed by atoms with E-state index in [9.17, 15) is 4.79 Å². The monoisotopic (exact) mass is 321 g/mol. The van der Waals surface area contributed by atoms with E-state index in [1.807, 2.05) is 49.6 Å². The zero-order chi connectivity index (χ0) is 15.3. The lowest BCUT2D eigenvalue weighted by Gasteiger charge is -2.33. The Balaban J connectivity index is 2.33. The van der Waals surface area contributed by atoms with E-state index in [-0.39, 0.29) is 11.9 Å². The van der Waals surface area contributed by atoms with Crippen LogP contribution < -0.4 is 11.1 Å². The summed E-state index contributed by atoms with van der Waals surface area (Å²) in [7, 11) is 0. The third-order valence-corrected chi connectivity index (χ3v) is 5.18. The maximum absolute atomic E-state index is 12.2. The fraction of sp³-hybridized carbons (Fsp3) is 0.333. The summed E-state index contributed by atoms with van der Waals surface area (Å²) in [5.74, 6) is 0.143. The van der Waals surface area contributed by atoms with E-state index in [2.05, 4.69) is 10.3 Å². The van der Waals surface area contributed by atoms with E-state index in [4.69, 9.17) is 5.73 Å². The first kappa shape index (κ1) is 16.0. The third kappa shape index (κ3) is 3.84. The van der Waals surface area contributed by atoms with Crippen LogP contribution in [0.2, 0.25) is 0 Å². The first-order valence-electron chi connectivity index (χ1n) is 6.70. The van der Waals surface area contributed by atoms with Crippen LogP contribution in [0.5, 0.6) is 0 Å². The summed E-state index contributed by atoms with van der Waals surface area (Å²) in [5, 5.41) is 5.28. The number of nitrogens with two attached hydrogens (primary N) is 1. The number of benzene rings is 1. The van der Waals surface area contributed by atoms with Crippen LogP contribution in [-0.2, 0) is 10.3 Å². The van der Waals surface area contributed by atoms with Crippen molar-refractivity contribution < 1.29 is 4.79 Å². The molecule has 4 nitrogen and oxygen atoms in total. The summed E-state index contributed by atoms with van der Waals surface area (Å²) in [6, 6.07) is 9.77. The molecule has 1 aromatic heterocycles. The molecule has 112 valence electrons. The van der Waals surface area contributed by atoms with Crippen LogP contribution in [0.25, 0.3) is 0 Å². The predicted molar refractivity (Wildman–Crippen MR) is 88.4 cm³/mol. The number of carbonyl (C=O) groups is 1. The minimum atomic E-state index is -0.897. The summed E-state index contributed by atoms with van der Waals surface area (Å²) >= 11 is 3.10. The molecule has 0 radical (unpaired) electrons. The highest BCUT2D eigenvalue weighted by molar-refractivity contribution is 8.01. The van der Waals surface area contributed by atoms with Crippen molar-refractivity contribution in [3.05, 3.63) is 47.5 Å². The lowest BCUT2D eigenvalue weighted by molar-refractivity contribution is -0.124. The second-order valence-corrected chi connectivity index (χ2v) is 7.14. The predicted octanol–water partition coefficient (Wildman–Crippen LogP) is 2.61. The van der Waals surface area contributed by atoms with Gasteiger partial charge in [-0.2, -0.15) is 0 Å². The maximum Gasteiger partial charge on any atom is 0.243 e. The highest BCUT2D eigenvalue weighted by atomic mass is 32.2. The van der Waals surface area contributed by atoms with Gasteiger partial charge in [-0.3, -0.25) is 10.1 Å². The van der Waals surface area contributed by atoms with E-state index >= 15 is 0 Å². The molecule has 0 fully saturated rings. The summed E-state index contributed by atoms with van der Waals surface area (Å²) in [6.45, 7) is 4.02. The number of hydrogen-bond acceptors (Lipinski definition) is 5. The third-order valence-electron chi connectivity index (χ3n) is 3.04. The molecule has 1 amide bonds. The number of nitrogens with zero attached hydrogens (tertiary/aromatic N) is 1. The standard InChI is InChI=1S/C15H19N3OS2/c1-11(2)18-15(13(16)19,12-6-4-3-5-7-12)10-21-14-17-8-9-20-14/h3-9,11,18H,10H2,1-2H3,(H2,16,19). The molecule has 1 heterocycles. The number of primary amides is 1. The van der Waals surface area contributed by atoms with Gasteiger partial charge in [0, 0.05) is 23.4 Å². The Bertz CT molecular complexity index is 572. The van der Waals surface area contributed by atoms with Crippen molar-refractivity contribution in [2.45, 2.75) is 29.8 Å². The van der Waals surface area contributed by atoms with Crippen LogP contribution in [0.15, 0.2) is 46.2 Å². The van der Waals surface area contributed by atoms with Crippen molar-refractivity contribution in [2.75, 3.05) is 5.75 Å². The number of nitrogens with one attached hydrogen (secondary N) is 1. The fourth-order valence-corrected chi connectivity index (χ4v) is 4.00. The SMILES string of the molecule is CC(C)NC(CSc1nccs1)(C(N)=O)c1ccccc1. The van der Waals surface area contributed by atoms with Crippen LogP contribution in [0.4, 0.5) is 0 Å². The van der Waals surface area contributed by atoms with Gasteiger partial charge in [0.1, 0.15) is 9.88 Å². The molecule has 0 saturated carbocycles. The minimum absolute atomic E-state index is 0.134. The van der Waals surface area contributed by atoms with E-state index in [0.717, 1.165) is 9.90 Å². The molecule has 3 N–H and O–H groups in total. The Morgan fingerprint density at radius 1 is 1.43 bits per heavy atom. The smallest absolute Gasteiger partial charge is 0.243 e. The molecule has 1 unspecified atom stereocenters. The van der Waals surface area contributed by atoms with Gasteiger partial charge in [-0.25, -0.2) is 4.98 Å². The second-order valence-electron chi connectivity index (χ2n) is 5.02. The van der Waals surface area contributed by atoms with E-state index in [0.29, 0.717) is 5.75 Å². The molecule has 6 heteroatoms. The molecule has 0 aliphatic carbocycles. The Kier molecular flexibility index (Phi) is 5.39. The number of thiazole rings is 1. The van der Waals surface area contributed by atoms with Crippen LogP contribution in [0, 0.1) is 0 Å². The topological polar surface area (TPSA) is 68.0 Å². The van der Waals surface area contributed by atoms with Gasteiger partial charge in [0.25, 0.3) is 0 Å². The normalized spacial score (nSPS) is 14.0. The fourth-order valence-electron chi connectivity index (χ4n) is 2.16. The average Bonchev–Trinajstić information content (AvgIpc) is 2.97. The molecule has 1 aromatic carbocycles. The van der Waals surface area contributed by atoms with E-state index < -0.39 is 5.54 Å². The van der Waals surface area contributed by atoms with Gasteiger partial charge in [-0.1, -0.05) is 42.1 Å². The molecular weight excluding hydrogens is 302 g/mol. The second kappa shape index (κ2) is 7.06. The minimum Gasteiger partial charge on any atom is -0.368 e. The van der Waals surface area contributed by atoms with Gasteiger partial charge in [0.15, 0.2) is 0 Å². The Morgan fingerprint density at radius 3 is 2.67 bits per heavy atom. The van der Waals surface area contributed by atoms with Crippen LogP contribution >= 0.6 is 23.1 Å². The molecule has 0 aliphatic rings. The molecule has 0 aliphatic heterocycles. The Hall–Kier alpha value is -1.37. The van der Waals surface area contributed by atoms with Crippen molar-refractivity contribution in [1.82, 2.24) is 10.3 Å². The molecule has 21 heavy (non-hydrogen) atoms. The molecular formula is C15H19N3OS2. The number of amides is 1. The molecule has 0 bridgehead atoms. The van der Waals surface area contributed by atoms with Crippen LogP contribution in [0.3, 0.4) is 0 Å². The van der Waals surface area contributed by atoms with E-state index in [1.165, 1.54) is 0 Å². The van der Waals surface area contributed by atoms with E-state index in [1.54, 1.807) is 29.3 Å². The number of carbonyl (C=O) groups excluding carboxylic acids is 1. The van der Waals surface area contributed by atoms with Gasteiger partial charge in [-0.05, 0) is 19.4 Å². The molecule has 2 aromatic rings. The average molecular weight is 321 g/mol.